The fourth-order valence-electron chi connectivity index (χ4n) is 3.37. The van der Waals surface area contributed by atoms with Gasteiger partial charge in [0, 0.05) is 24.6 Å². The SMILES string of the molecule is Cc1cccc(C(C)C)c1NC(=O)CS(=O)(=O)Cc1nccn1Cc1ccccc1. The summed E-state index contributed by atoms with van der Waals surface area (Å²) in [7, 11) is -3.68. The van der Waals surface area contributed by atoms with Gasteiger partial charge < -0.3 is 9.88 Å². The van der Waals surface area contributed by atoms with Gasteiger partial charge in [0.15, 0.2) is 9.84 Å². The number of hydrogen-bond acceptors (Lipinski definition) is 4. The summed E-state index contributed by atoms with van der Waals surface area (Å²) in [6.45, 7) is 6.50. The molecular weight excluding hydrogens is 398 g/mol. The van der Waals surface area contributed by atoms with Crippen LogP contribution in [0.1, 0.15) is 42.3 Å². The average molecular weight is 426 g/mol. The molecule has 0 fully saturated rings. The van der Waals surface area contributed by atoms with Crippen LogP contribution in [0.15, 0.2) is 60.9 Å². The quantitative estimate of drug-likeness (QED) is 0.593. The van der Waals surface area contributed by atoms with Crippen LogP contribution in [-0.2, 0) is 26.9 Å². The molecule has 0 bridgehead atoms. The first-order chi connectivity index (χ1) is 14.2. The fourth-order valence-corrected chi connectivity index (χ4v) is 4.58. The van der Waals surface area contributed by atoms with Crippen molar-refractivity contribution in [1.29, 1.82) is 0 Å². The zero-order chi connectivity index (χ0) is 21.7. The van der Waals surface area contributed by atoms with E-state index in [1.165, 1.54) is 0 Å². The molecule has 0 atom stereocenters. The van der Waals surface area contributed by atoms with Gasteiger partial charge in [0.2, 0.25) is 5.91 Å². The molecule has 1 N–H and O–H groups in total. The van der Waals surface area contributed by atoms with Crippen LogP contribution in [0.5, 0.6) is 0 Å². The van der Waals surface area contributed by atoms with Gasteiger partial charge in [-0.25, -0.2) is 13.4 Å². The Kier molecular flexibility index (Phi) is 6.72. The largest absolute Gasteiger partial charge is 0.330 e. The minimum Gasteiger partial charge on any atom is -0.330 e. The van der Waals surface area contributed by atoms with Crippen LogP contribution >= 0.6 is 0 Å². The second-order valence-corrected chi connectivity index (χ2v) is 9.80. The van der Waals surface area contributed by atoms with Crippen LogP contribution in [-0.4, -0.2) is 29.6 Å². The van der Waals surface area contributed by atoms with Gasteiger partial charge in [-0.3, -0.25) is 4.79 Å². The lowest BCUT2D eigenvalue weighted by Gasteiger charge is -2.16. The number of aryl methyl sites for hydroxylation is 1. The van der Waals surface area contributed by atoms with E-state index in [0.717, 1.165) is 16.7 Å². The van der Waals surface area contributed by atoms with Crippen LogP contribution in [0.3, 0.4) is 0 Å². The number of para-hydroxylation sites is 1. The van der Waals surface area contributed by atoms with Gasteiger partial charge in [-0.15, -0.1) is 0 Å². The smallest absolute Gasteiger partial charge is 0.239 e. The maximum atomic E-state index is 12.7. The molecule has 3 rings (SSSR count). The number of amides is 1. The molecule has 1 aromatic heterocycles. The lowest BCUT2D eigenvalue weighted by atomic mass is 9.98. The Bertz CT molecular complexity index is 1120. The molecule has 0 saturated heterocycles. The molecule has 0 aliphatic rings. The normalized spacial score (nSPS) is 11.6. The Hall–Kier alpha value is -2.93. The van der Waals surface area contributed by atoms with Crippen molar-refractivity contribution in [3.8, 4) is 0 Å². The Morgan fingerprint density at radius 3 is 2.53 bits per heavy atom. The van der Waals surface area contributed by atoms with E-state index >= 15 is 0 Å². The predicted molar refractivity (Wildman–Crippen MR) is 119 cm³/mol. The highest BCUT2D eigenvalue weighted by Gasteiger charge is 2.21. The minimum atomic E-state index is -3.68. The van der Waals surface area contributed by atoms with E-state index in [1.807, 2.05) is 69.3 Å². The van der Waals surface area contributed by atoms with E-state index < -0.39 is 21.5 Å². The summed E-state index contributed by atoms with van der Waals surface area (Å²) in [5.41, 5.74) is 3.63. The van der Waals surface area contributed by atoms with Crippen LogP contribution in [0, 0.1) is 6.92 Å². The zero-order valence-corrected chi connectivity index (χ0v) is 18.3. The monoisotopic (exact) mass is 425 g/mol. The Labute approximate surface area is 177 Å². The third-order valence-corrected chi connectivity index (χ3v) is 6.29. The number of carbonyl (C=O) groups excluding carboxylic acids is 1. The predicted octanol–water partition coefficient (Wildman–Crippen LogP) is 3.92. The van der Waals surface area contributed by atoms with Crippen molar-refractivity contribution in [2.75, 3.05) is 11.1 Å². The summed E-state index contributed by atoms with van der Waals surface area (Å²) < 4.78 is 27.2. The van der Waals surface area contributed by atoms with Crippen molar-refractivity contribution in [1.82, 2.24) is 9.55 Å². The molecule has 2 aromatic carbocycles. The highest BCUT2D eigenvalue weighted by molar-refractivity contribution is 7.91. The summed E-state index contributed by atoms with van der Waals surface area (Å²) in [5, 5.41) is 2.81. The first-order valence-electron chi connectivity index (χ1n) is 9.89. The Morgan fingerprint density at radius 2 is 1.83 bits per heavy atom. The number of aromatic nitrogens is 2. The highest BCUT2D eigenvalue weighted by Crippen LogP contribution is 2.27. The van der Waals surface area contributed by atoms with Gasteiger partial charge in [0.25, 0.3) is 0 Å². The number of sulfone groups is 1. The Balaban J connectivity index is 1.70. The van der Waals surface area contributed by atoms with Crippen LogP contribution in [0.25, 0.3) is 0 Å². The molecule has 30 heavy (non-hydrogen) atoms. The summed E-state index contributed by atoms with van der Waals surface area (Å²) in [4.78, 5) is 16.7. The molecule has 0 aliphatic heterocycles. The molecule has 7 heteroatoms. The molecule has 0 radical (unpaired) electrons. The van der Waals surface area contributed by atoms with E-state index in [9.17, 15) is 13.2 Å². The summed E-state index contributed by atoms with van der Waals surface area (Å²) in [5.74, 6) is -0.776. The highest BCUT2D eigenvalue weighted by atomic mass is 32.2. The zero-order valence-electron chi connectivity index (χ0n) is 17.5. The van der Waals surface area contributed by atoms with Crippen molar-refractivity contribution in [3.05, 3.63) is 83.4 Å². The molecular formula is C23H27N3O3S. The van der Waals surface area contributed by atoms with Crippen LogP contribution < -0.4 is 5.32 Å². The maximum Gasteiger partial charge on any atom is 0.239 e. The average Bonchev–Trinajstić information content (AvgIpc) is 3.09. The van der Waals surface area contributed by atoms with E-state index in [1.54, 1.807) is 17.0 Å². The van der Waals surface area contributed by atoms with Gasteiger partial charge in [0.05, 0.1) is 0 Å². The molecule has 0 saturated carbocycles. The van der Waals surface area contributed by atoms with Crippen LogP contribution in [0.4, 0.5) is 5.69 Å². The molecule has 0 aliphatic carbocycles. The van der Waals surface area contributed by atoms with Crippen molar-refractivity contribution in [2.24, 2.45) is 0 Å². The van der Waals surface area contributed by atoms with Crippen molar-refractivity contribution in [3.63, 3.8) is 0 Å². The molecule has 1 heterocycles. The van der Waals surface area contributed by atoms with Gasteiger partial charge in [-0.2, -0.15) is 0 Å². The number of rotatable bonds is 8. The molecule has 0 unspecified atom stereocenters. The molecule has 0 spiro atoms. The standard InChI is InChI=1S/C23H27N3O3S/c1-17(2)20-11-7-8-18(3)23(20)25-22(27)16-30(28,29)15-21-24-12-13-26(21)14-19-9-5-4-6-10-19/h4-13,17H,14-16H2,1-3H3,(H,25,27). The summed E-state index contributed by atoms with van der Waals surface area (Å²) in [6.07, 6.45) is 3.33. The number of carbonyl (C=O) groups is 1. The van der Waals surface area contributed by atoms with Crippen molar-refractivity contribution in [2.45, 2.75) is 39.0 Å². The third kappa shape index (κ3) is 5.57. The topological polar surface area (TPSA) is 81.1 Å². The number of benzene rings is 2. The second kappa shape index (κ2) is 9.26. The fraction of sp³-hybridized carbons (Fsp3) is 0.304. The maximum absolute atomic E-state index is 12.7. The van der Waals surface area contributed by atoms with Gasteiger partial charge in [-0.1, -0.05) is 62.4 Å². The number of anilines is 1. The first kappa shape index (κ1) is 21.8. The van der Waals surface area contributed by atoms with Gasteiger partial charge in [0.1, 0.15) is 17.3 Å². The first-order valence-corrected chi connectivity index (χ1v) is 11.7. The number of imidazole rings is 1. The number of hydrogen-bond donors (Lipinski definition) is 1. The lowest BCUT2D eigenvalue weighted by molar-refractivity contribution is -0.113. The molecule has 6 nitrogen and oxygen atoms in total. The van der Waals surface area contributed by atoms with E-state index in [4.69, 9.17) is 0 Å². The van der Waals surface area contributed by atoms with Crippen molar-refractivity contribution < 1.29 is 13.2 Å². The second-order valence-electron chi connectivity index (χ2n) is 7.73. The van der Waals surface area contributed by atoms with Gasteiger partial charge in [-0.05, 0) is 29.5 Å². The molecule has 1 amide bonds. The summed E-state index contributed by atoms with van der Waals surface area (Å²) >= 11 is 0. The van der Waals surface area contributed by atoms with E-state index in [-0.39, 0.29) is 11.7 Å². The molecule has 3 aromatic rings. The minimum absolute atomic E-state index is 0.210. The van der Waals surface area contributed by atoms with E-state index in [2.05, 4.69) is 10.3 Å². The molecule has 158 valence electrons. The van der Waals surface area contributed by atoms with Crippen molar-refractivity contribution >= 4 is 21.4 Å². The lowest BCUT2D eigenvalue weighted by Crippen LogP contribution is -2.25. The van der Waals surface area contributed by atoms with E-state index in [0.29, 0.717) is 18.1 Å². The number of nitrogens with zero attached hydrogens (tertiary/aromatic N) is 2. The summed E-state index contributed by atoms with van der Waals surface area (Å²) in [6, 6.07) is 15.5. The third-order valence-electron chi connectivity index (χ3n) is 4.89. The van der Waals surface area contributed by atoms with Crippen LogP contribution in [0.2, 0.25) is 0 Å². The van der Waals surface area contributed by atoms with Gasteiger partial charge >= 0.3 is 0 Å². The number of nitrogens with one attached hydrogen (secondary N) is 1. The Morgan fingerprint density at radius 1 is 1.10 bits per heavy atom.